The summed E-state index contributed by atoms with van der Waals surface area (Å²) in [5, 5.41) is 23.9. The lowest BCUT2D eigenvalue weighted by molar-refractivity contribution is -0.384. The second-order valence-electron chi connectivity index (χ2n) is 3.92. The van der Waals surface area contributed by atoms with Gasteiger partial charge in [-0.15, -0.1) is 0 Å². The van der Waals surface area contributed by atoms with Gasteiger partial charge in [0.2, 0.25) is 0 Å². The zero-order chi connectivity index (χ0) is 15.3. The van der Waals surface area contributed by atoms with Crippen LogP contribution in [-0.2, 0) is 11.3 Å². The van der Waals surface area contributed by atoms with E-state index in [4.69, 9.17) is 16.7 Å². The van der Waals surface area contributed by atoms with E-state index in [0.717, 1.165) is 0 Å². The number of carboxylic acids is 1. The number of carboxylic acid groups (broad SMARTS) is 1. The third-order valence-electron chi connectivity index (χ3n) is 2.40. The van der Waals surface area contributed by atoms with Gasteiger partial charge in [0.1, 0.15) is 6.04 Å². The Morgan fingerprint density at radius 1 is 1.50 bits per heavy atom. The number of nitro groups is 1. The van der Waals surface area contributed by atoms with Crippen LogP contribution in [0.1, 0.15) is 12.5 Å². The molecule has 0 aliphatic rings. The van der Waals surface area contributed by atoms with Crippen LogP contribution >= 0.6 is 11.6 Å². The summed E-state index contributed by atoms with van der Waals surface area (Å²) >= 11 is 5.84. The van der Waals surface area contributed by atoms with Crippen LogP contribution in [0.4, 0.5) is 10.5 Å². The predicted molar refractivity (Wildman–Crippen MR) is 70.6 cm³/mol. The summed E-state index contributed by atoms with van der Waals surface area (Å²) in [6, 6.07) is 2.16. The van der Waals surface area contributed by atoms with Gasteiger partial charge in [-0.2, -0.15) is 0 Å². The van der Waals surface area contributed by atoms with E-state index in [1.807, 2.05) is 0 Å². The maximum atomic E-state index is 11.4. The van der Waals surface area contributed by atoms with E-state index in [0.29, 0.717) is 5.56 Å². The van der Waals surface area contributed by atoms with E-state index in [1.54, 1.807) is 0 Å². The molecule has 8 nitrogen and oxygen atoms in total. The van der Waals surface area contributed by atoms with E-state index in [9.17, 15) is 19.7 Å². The van der Waals surface area contributed by atoms with Crippen molar-refractivity contribution in [3.63, 3.8) is 0 Å². The molecule has 0 radical (unpaired) electrons. The molecule has 1 rings (SSSR count). The topological polar surface area (TPSA) is 122 Å². The quantitative estimate of drug-likeness (QED) is 0.562. The van der Waals surface area contributed by atoms with Gasteiger partial charge in [-0.05, 0) is 18.6 Å². The van der Waals surface area contributed by atoms with Gasteiger partial charge < -0.3 is 15.7 Å². The first-order valence-electron chi connectivity index (χ1n) is 5.51. The number of urea groups is 1. The van der Waals surface area contributed by atoms with Crippen LogP contribution < -0.4 is 10.6 Å². The molecule has 20 heavy (non-hydrogen) atoms. The molecule has 9 heteroatoms. The van der Waals surface area contributed by atoms with Crippen LogP contribution in [0.5, 0.6) is 0 Å². The molecule has 0 heterocycles. The normalized spacial score (nSPS) is 11.5. The fourth-order valence-corrected chi connectivity index (χ4v) is 1.52. The average Bonchev–Trinajstić information content (AvgIpc) is 2.36. The first kappa shape index (κ1) is 15.7. The standard InChI is InChI=1S/C11H12ClN3O5/c1-6(10(16)17)14-11(18)13-5-7-2-3-8(15(19)20)4-9(7)12/h2-4,6H,5H2,1H3,(H,16,17)(H2,13,14,18). The largest absolute Gasteiger partial charge is 0.480 e. The number of nitrogens with zero attached hydrogens (tertiary/aromatic N) is 1. The highest BCUT2D eigenvalue weighted by molar-refractivity contribution is 6.31. The van der Waals surface area contributed by atoms with Crippen molar-refractivity contribution in [3.05, 3.63) is 38.9 Å². The summed E-state index contributed by atoms with van der Waals surface area (Å²) in [6.45, 7) is 1.34. The zero-order valence-corrected chi connectivity index (χ0v) is 11.2. The number of benzene rings is 1. The molecule has 1 aromatic rings. The Bertz CT molecular complexity index is 549. The van der Waals surface area contributed by atoms with Crippen LogP contribution in [0.15, 0.2) is 18.2 Å². The number of hydrogen-bond acceptors (Lipinski definition) is 4. The Morgan fingerprint density at radius 3 is 2.65 bits per heavy atom. The average molecular weight is 302 g/mol. The molecule has 1 atom stereocenters. The Hall–Kier alpha value is -2.35. The van der Waals surface area contributed by atoms with Crippen LogP contribution in [0.25, 0.3) is 0 Å². The molecule has 1 unspecified atom stereocenters. The smallest absolute Gasteiger partial charge is 0.325 e. The van der Waals surface area contributed by atoms with Crippen molar-refractivity contribution in [2.75, 3.05) is 0 Å². The molecule has 1 aromatic carbocycles. The molecule has 3 N–H and O–H groups in total. The third kappa shape index (κ3) is 4.39. The molecule has 108 valence electrons. The van der Waals surface area contributed by atoms with Gasteiger partial charge in [-0.1, -0.05) is 11.6 Å². The molecule has 0 bridgehead atoms. The number of rotatable bonds is 5. The van der Waals surface area contributed by atoms with Crippen molar-refractivity contribution in [2.24, 2.45) is 0 Å². The van der Waals surface area contributed by atoms with Gasteiger partial charge in [0.25, 0.3) is 5.69 Å². The van der Waals surface area contributed by atoms with Crippen molar-refractivity contribution in [1.29, 1.82) is 0 Å². The Balaban J connectivity index is 2.60. The maximum absolute atomic E-state index is 11.4. The van der Waals surface area contributed by atoms with E-state index in [1.165, 1.54) is 25.1 Å². The summed E-state index contributed by atoms with van der Waals surface area (Å²) in [6.07, 6.45) is 0. The van der Waals surface area contributed by atoms with Crippen molar-refractivity contribution in [1.82, 2.24) is 10.6 Å². The minimum atomic E-state index is -1.16. The van der Waals surface area contributed by atoms with Gasteiger partial charge in [0, 0.05) is 18.7 Å². The van der Waals surface area contributed by atoms with E-state index < -0.39 is 23.0 Å². The molecule has 0 spiro atoms. The molecular weight excluding hydrogens is 290 g/mol. The van der Waals surface area contributed by atoms with E-state index in [-0.39, 0.29) is 17.3 Å². The number of nitrogens with one attached hydrogen (secondary N) is 2. The number of halogens is 1. The third-order valence-corrected chi connectivity index (χ3v) is 2.76. The van der Waals surface area contributed by atoms with Crippen molar-refractivity contribution in [2.45, 2.75) is 19.5 Å². The van der Waals surface area contributed by atoms with Gasteiger partial charge in [-0.25, -0.2) is 4.79 Å². The van der Waals surface area contributed by atoms with Crippen molar-refractivity contribution >= 4 is 29.3 Å². The molecule has 0 aliphatic heterocycles. The minimum Gasteiger partial charge on any atom is -0.480 e. The lowest BCUT2D eigenvalue weighted by Crippen LogP contribution is -2.44. The summed E-state index contributed by atoms with van der Waals surface area (Å²) < 4.78 is 0. The molecule has 0 saturated carbocycles. The first-order chi connectivity index (χ1) is 9.31. The highest BCUT2D eigenvalue weighted by atomic mass is 35.5. The van der Waals surface area contributed by atoms with Crippen molar-refractivity contribution in [3.8, 4) is 0 Å². The van der Waals surface area contributed by atoms with E-state index in [2.05, 4.69) is 10.6 Å². The van der Waals surface area contributed by atoms with Crippen LogP contribution in [0.3, 0.4) is 0 Å². The fraction of sp³-hybridized carbons (Fsp3) is 0.273. The fourth-order valence-electron chi connectivity index (χ4n) is 1.28. The number of carbonyl (C=O) groups is 2. The first-order valence-corrected chi connectivity index (χ1v) is 5.89. The Kier molecular flexibility index (Phi) is 5.27. The summed E-state index contributed by atoms with van der Waals surface area (Å²) in [7, 11) is 0. The molecule has 0 aliphatic carbocycles. The van der Waals surface area contributed by atoms with Gasteiger partial charge in [0.15, 0.2) is 0 Å². The monoisotopic (exact) mass is 301 g/mol. The van der Waals surface area contributed by atoms with E-state index >= 15 is 0 Å². The zero-order valence-electron chi connectivity index (χ0n) is 10.4. The van der Waals surface area contributed by atoms with Crippen LogP contribution in [0, 0.1) is 10.1 Å². The molecule has 0 fully saturated rings. The number of carbonyl (C=O) groups excluding carboxylic acids is 1. The van der Waals surface area contributed by atoms with Gasteiger partial charge in [-0.3, -0.25) is 14.9 Å². The van der Waals surface area contributed by atoms with Crippen LogP contribution in [0.2, 0.25) is 5.02 Å². The molecule has 2 amide bonds. The van der Waals surface area contributed by atoms with Crippen molar-refractivity contribution < 1.29 is 19.6 Å². The SMILES string of the molecule is CC(NC(=O)NCc1ccc([N+](=O)[O-])cc1Cl)C(=O)O. The second-order valence-corrected chi connectivity index (χ2v) is 4.33. The summed E-state index contributed by atoms with van der Waals surface area (Å²) in [5.41, 5.74) is 0.332. The molecule has 0 saturated heterocycles. The number of aliphatic carboxylic acids is 1. The lowest BCUT2D eigenvalue weighted by atomic mass is 10.2. The number of amides is 2. The summed E-state index contributed by atoms with van der Waals surface area (Å²) in [5.74, 6) is -1.16. The highest BCUT2D eigenvalue weighted by Crippen LogP contribution is 2.22. The molecular formula is C11H12ClN3O5. The van der Waals surface area contributed by atoms with Gasteiger partial charge in [0.05, 0.1) is 9.95 Å². The van der Waals surface area contributed by atoms with Gasteiger partial charge >= 0.3 is 12.0 Å². The number of hydrogen-bond donors (Lipinski definition) is 3. The summed E-state index contributed by atoms with van der Waals surface area (Å²) in [4.78, 5) is 31.9. The number of non-ortho nitro benzene ring substituents is 1. The Morgan fingerprint density at radius 2 is 2.15 bits per heavy atom. The Labute approximate surface area is 118 Å². The lowest BCUT2D eigenvalue weighted by Gasteiger charge is -2.11. The predicted octanol–water partition coefficient (Wildman–Crippen LogP) is 1.52. The highest BCUT2D eigenvalue weighted by Gasteiger charge is 2.14. The minimum absolute atomic E-state index is 0.0228. The second kappa shape index (κ2) is 6.71. The number of nitro benzene ring substituents is 1. The molecule has 0 aromatic heterocycles. The van der Waals surface area contributed by atoms with Crippen LogP contribution in [-0.4, -0.2) is 28.1 Å². The maximum Gasteiger partial charge on any atom is 0.325 e.